The second-order valence-corrected chi connectivity index (χ2v) is 4.42. The molecule has 0 saturated heterocycles. The van der Waals surface area contributed by atoms with Gasteiger partial charge in [-0.1, -0.05) is 37.3 Å². The molecule has 0 aliphatic heterocycles. The molecule has 19 heavy (non-hydrogen) atoms. The molecule has 1 N–H and O–H groups in total. The number of carbonyl (C=O) groups is 1. The van der Waals surface area contributed by atoms with Crippen LogP contribution in [0.15, 0.2) is 30.3 Å². The number of nitriles is 1. The SMILES string of the molecule is CCCN(CCO)C(=O)C(C#N)Cc1ccccc1. The summed E-state index contributed by atoms with van der Waals surface area (Å²) >= 11 is 0. The molecule has 102 valence electrons. The molecular formula is C15H20N2O2. The molecule has 0 aliphatic carbocycles. The summed E-state index contributed by atoms with van der Waals surface area (Å²) in [5, 5.41) is 18.2. The molecule has 0 saturated carbocycles. The summed E-state index contributed by atoms with van der Waals surface area (Å²) in [6.07, 6.45) is 1.23. The molecule has 1 atom stereocenters. The number of amides is 1. The van der Waals surface area contributed by atoms with Gasteiger partial charge in [0, 0.05) is 13.1 Å². The Hall–Kier alpha value is -1.86. The van der Waals surface area contributed by atoms with Crippen molar-refractivity contribution in [2.45, 2.75) is 19.8 Å². The van der Waals surface area contributed by atoms with Crippen molar-refractivity contribution in [1.82, 2.24) is 4.90 Å². The molecule has 0 spiro atoms. The lowest BCUT2D eigenvalue weighted by molar-refractivity contribution is -0.134. The van der Waals surface area contributed by atoms with Crippen LogP contribution in [0.4, 0.5) is 0 Å². The average molecular weight is 260 g/mol. The first-order valence-corrected chi connectivity index (χ1v) is 6.56. The highest BCUT2D eigenvalue weighted by Gasteiger charge is 2.23. The summed E-state index contributed by atoms with van der Waals surface area (Å²) in [5.41, 5.74) is 0.975. The molecule has 0 aromatic heterocycles. The molecule has 1 rings (SSSR count). The smallest absolute Gasteiger partial charge is 0.240 e. The van der Waals surface area contributed by atoms with Gasteiger partial charge in [0.2, 0.25) is 5.91 Å². The number of nitrogens with zero attached hydrogens (tertiary/aromatic N) is 2. The van der Waals surface area contributed by atoms with Gasteiger partial charge in [-0.2, -0.15) is 5.26 Å². The van der Waals surface area contributed by atoms with Crippen LogP contribution in [0.1, 0.15) is 18.9 Å². The van der Waals surface area contributed by atoms with E-state index < -0.39 is 5.92 Å². The van der Waals surface area contributed by atoms with Gasteiger partial charge >= 0.3 is 0 Å². The van der Waals surface area contributed by atoms with E-state index in [-0.39, 0.29) is 12.5 Å². The second kappa shape index (κ2) is 8.28. The lowest BCUT2D eigenvalue weighted by Gasteiger charge is -2.23. The Kier molecular flexibility index (Phi) is 6.62. The molecule has 1 aromatic carbocycles. The molecule has 0 aliphatic rings. The van der Waals surface area contributed by atoms with Gasteiger partial charge in [0.15, 0.2) is 0 Å². The fourth-order valence-electron chi connectivity index (χ4n) is 1.98. The van der Waals surface area contributed by atoms with Crippen LogP contribution in [0.25, 0.3) is 0 Å². The Morgan fingerprint density at radius 1 is 1.37 bits per heavy atom. The van der Waals surface area contributed by atoms with Crippen molar-refractivity contribution in [3.05, 3.63) is 35.9 Å². The molecule has 0 heterocycles. The molecule has 1 unspecified atom stereocenters. The van der Waals surface area contributed by atoms with E-state index in [0.717, 1.165) is 12.0 Å². The highest BCUT2D eigenvalue weighted by atomic mass is 16.3. The fourth-order valence-corrected chi connectivity index (χ4v) is 1.98. The van der Waals surface area contributed by atoms with Gasteiger partial charge < -0.3 is 10.0 Å². The Labute approximate surface area is 114 Å². The van der Waals surface area contributed by atoms with Gasteiger partial charge in [-0.3, -0.25) is 4.79 Å². The highest BCUT2D eigenvalue weighted by Crippen LogP contribution is 2.11. The summed E-state index contributed by atoms with van der Waals surface area (Å²) < 4.78 is 0. The normalized spacial score (nSPS) is 11.6. The first-order valence-electron chi connectivity index (χ1n) is 6.56. The van der Waals surface area contributed by atoms with E-state index in [0.29, 0.717) is 19.5 Å². The van der Waals surface area contributed by atoms with Crippen LogP contribution in [0, 0.1) is 17.2 Å². The zero-order valence-electron chi connectivity index (χ0n) is 11.2. The number of hydrogen-bond donors (Lipinski definition) is 1. The molecule has 4 heteroatoms. The zero-order chi connectivity index (χ0) is 14.1. The maximum Gasteiger partial charge on any atom is 0.240 e. The van der Waals surface area contributed by atoms with Crippen molar-refractivity contribution in [2.75, 3.05) is 19.7 Å². The van der Waals surface area contributed by atoms with Crippen molar-refractivity contribution < 1.29 is 9.90 Å². The van der Waals surface area contributed by atoms with Gasteiger partial charge in [-0.05, 0) is 18.4 Å². The third-order valence-corrected chi connectivity index (χ3v) is 2.91. The van der Waals surface area contributed by atoms with Crippen LogP contribution in [0.2, 0.25) is 0 Å². The second-order valence-electron chi connectivity index (χ2n) is 4.42. The van der Waals surface area contributed by atoms with E-state index in [1.54, 1.807) is 4.90 Å². The average Bonchev–Trinajstić information content (AvgIpc) is 2.45. The molecule has 1 amide bonds. The maximum absolute atomic E-state index is 12.3. The first kappa shape index (κ1) is 15.2. The van der Waals surface area contributed by atoms with Crippen LogP contribution in [0.5, 0.6) is 0 Å². The first-order chi connectivity index (χ1) is 9.22. The summed E-state index contributed by atoms with van der Waals surface area (Å²) in [6, 6.07) is 11.6. The predicted molar refractivity (Wildman–Crippen MR) is 73.2 cm³/mol. The Morgan fingerprint density at radius 3 is 2.58 bits per heavy atom. The number of hydrogen-bond acceptors (Lipinski definition) is 3. The van der Waals surface area contributed by atoms with Crippen molar-refractivity contribution in [2.24, 2.45) is 5.92 Å². The summed E-state index contributed by atoms with van der Waals surface area (Å²) in [4.78, 5) is 13.8. The quantitative estimate of drug-likeness (QED) is 0.810. The molecule has 0 radical (unpaired) electrons. The summed E-state index contributed by atoms with van der Waals surface area (Å²) in [7, 11) is 0. The van der Waals surface area contributed by atoms with Crippen LogP contribution in [-0.2, 0) is 11.2 Å². The van der Waals surface area contributed by atoms with E-state index in [1.165, 1.54) is 0 Å². The maximum atomic E-state index is 12.3. The lowest BCUT2D eigenvalue weighted by Crippen LogP contribution is -2.39. The van der Waals surface area contributed by atoms with E-state index >= 15 is 0 Å². The third-order valence-electron chi connectivity index (χ3n) is 2.91. The standard InChI is InChI=1S/C15H20N2O2/c1-2-8-17(9-10-18)15(19)14(12-16)11-13-6-4-3-5-7-13/h3-7,14,18H,2,8-11H2,1H3. The Bertz CT molecular complexity index is 420. The monoisotopic (exact) mass is 260 g/mol. The number of benzene rings is 1. The van der Waals surface area contributed by atoms with Gasteiger partial charge in [0.1, 0.15) is 5.92 Å². The minimum absolute atomic E-state index is 0.0742. The van der Waals surface area contributed by atoms with Gasteiger partial charge in [-0.15, -0.1) is 0 Å². The molecular weight excluding hydrogens is 240 g/mol. The third kappa shape index (κ3) is 4.72. The predicted octanol–water partition coefficient (Wildman–Crippen LogP) is 1.60. The van der Waals surface area contributed by atoms with Crippen LogP contribution >= 0.6 is 0 Å². The van der Waals surface area contributed by atoms with Crippen molar-refractivity contribution >= 4 is 5.91 Å². The molecule has 1 aromatic rings. The largest absolute Gasteiger partial charge is 0.395 e. The van der Waals surface area contributed by atoms with Crippen LogP contribution in [0.3, 0.4) is 0 Å². The summed E-state index contributed by atoms with van der Waals surface area (Å²) in [6.45, 7) is 2.76. The topological polar surface area (TPSA) is 64.3 Å². The van der Waals surface area contributed by atoms with Crippen LogP contribution < -0.4 is 0 Å². The van der Waals surface area contributed by atoms with Crippen molar-refractivity contribution in [1.29, 1.82) is 5.26 Å². The van der Waals surface area contributed by atoms with E-state index in [9.17, 15) is 10.1 Å². The fraction of sp³-hybridized carbons (Fsp3) is 0.467. The van der Waals surface area contributed by atoms with Crippen molar-refractivity contribution in [3.63, 3.8) is 0 Å². The number of rotatable bonds is 7. The number of aliphatic hydroxyl groups is 1. The molecule has 0 fully saturated rings. The zero-order valence-corrected chi connectivity index (χ0v) is 11.2. The molecule has 4 nitrogen and oxygen atoms in total. The van der Waals surface area contributed by atoms with E-state index in [4.69, 9.17) is 5.11 Å². The number of aliphatic hydroxyl groups excluding tert-OH is 1. The van der Waals surface area contributed by atoms with Gasteiger partial charge in [0.25, 0.3) is 0 Å². The molecule has 0 bridgehead atoms. The lowest BCUT2D eigenvalue weighted by atomic mass is 9.99. The van der Waals surface area contributed by atoms with E-state index in [2.05, 4.69) is 6.07 Å². The number of carbonyl (C=O) groups excluding carboxylic acids is 1. The van der Waals surface area contributed by atoms with Gasteiger partial charge in [-0.25, -0.2) is 0 Å². The summed E-state index contributed by atoms with van der Waals surface area (Å²) in [5.74, 6) is -0.872. The highest BCUT2D eigenvalue weighted by molar-refractivity contribution is 5.81. The Morgan fingerprint density at radius 2 is 2.05 bits per heavy atom. The van der Waals surface area contributed by atoms with Gasteiger partial charge in [0.05, 0.1) is 12.7 Å². The van der Waals surface area contributed by atoms with E-state index in [1.807, 2.05) is 37.3 Å². The minimum atomic E-state index is -0.680. The van der Waals surface area contributed by atoms with Crippen molar-refractivity contribution in [3.8, 4) is 6.07 Å². The Balaban J connectivity index is 2.73. The minimum Gasteiger partial charge on any atom is -0.395 e. The van der Waals surface area contributed by atoms with Crippen LogP contribution in [-0.4, -0.2) is 35.6 Å².